The molecule has 5 rings (SSSR count). The van der Waals surface area contributed by atoms with E-state index in [4.69, 9.17) is 11.6 Å². The Balaban J connectivity index is 1.55. The Morgan fingerprint density at radius 3 is 2.79 bits per heavy atom. The zero-order chi connectivity index (χ0) is 20.0. The van der Waals surface area contributed by atoms with Gasteiger partial charge in [0.2, 0.25) is 0 Å². The Kier molecular flexibility index (Phi) is 4.60. The van der Waals surface area contributed by atoms with Crippen molar-refractivity contribution in [2.75, 3.05) is 31.1 Å². The average Bonchev–Trinajstić information content (AvgIpc) is 3.07. The fraction of sp³-hybridized carbons (Fsp3) is 0.318. The van der Waals surface area contributed by atoms with Crippen LogP contribution in [0.5, 0.6) is 0 Å². The largest absolute Gasteiger partial charge is 0.354 e. The Labute approximate surface area is 174 Å². The molecule has 1 aliphatic carbocycles. The molecule has 0 bridgehead atoms. The van der Waals surface area contributed by atoms with Crippen LogP contribution in [0.4, 0.5) is 5.82 Å². The predicted octanol–water partition coefficient (Wildman–Crippen LogP) is 3.16. The number of aryl methyl sites for hydroxylation is 2. The molecule has 6 nitrogen and oxygen atoms in total. The summed E-state index contributed by atoms with van der Waals surface area (Å²) in [6, 6.07) is 4.02. The van der Waals surface area contributed by atoms with Crippen LogP contribution in [0.15, 0.2) is 30.7 Å². The average molecular weight is 408 g/mol. The number of anilines is 1. The first kappa shape index (κ1) is 18.3. The van der Waals surface area contributed by atoms with Crippen LogP contribution in [0, 0.1) is 6.92 Å². The van der Waals surface area contributed by atoms with Gasteiger partial charge in [-0.25, -0.2) is 9.97 Å². The van der Waals surface area contributed by atoms with Crippen molar-refractivity contribution in [2.45, 2.75) is 19.8 Å². The lowest BCUT2D eigenvalue weighted by Gasteiger charge is -2.28. The van der Waals surface area contributed by atoms with Gasteiger partial charge in [0, 0.05) is 56.8 Å². The highest BCUT2D eigenvalue weighted by Crippen LogP contribution is 2.30. The molecule has 7 heteroatoms. The van der Waals surface area contributed by atoms with Crippen molar-refractivity contribution in [1.29, 1.82) is 0 Å². The van der Waals surface area contributed by atoms with Gasteiger partial charge in [-0.15, -0.1) is 0 Å². The number of fused-ring (bicyclic) bond motifs is 2. The van der Waals surface area contributed by atoms with Gasteiger partial charge in [-0.2, -0.15) is 0 Å². The van der Waals surface area contributed by atoms with Crippen molar-refractivity contribution in [3.8, 4) is 0 Å². The summed E-state index contributed by atoms with van der Waals surface area (Å²) in [6.07, 6.45) is 8.84. The molecule has 1 aliphatic heterocycles. The van der Waals surface area contributed by atoms with Crippen molar-refractivity contribution >= 4 is 40.5 Å². The van der Waals surface area contributed by atoms with Gasteiger partial charge in [-0.3, -0.25) is 4.79 Å². The Hall–Kier alpha value is -2.70. The maximum atomic E-state index is 12.9. The number of piperazine rings is 1. The van der Waals surface area contributed by atoms with Crippen LogP contribution in [-0.2, 0) is 11.2 Å². The number of carbonyl (C=O) groups is 1. The van der Waals surface area contributed by atoms with Gasteiger partial charge in [0.15, 0.2) is 11.4 Å². The van der Waals surface area contributed by atoms with Crippen molar-refractivity contribution < 1.29 is 4.79 Å². The monoisotopic (exact) mass is 407 g/mol. The van der Waals surface area contributed by atoms with E-state index in [1.807, 2.05) is 42.1 Å². The fourth-order valence-electron chi connectivity index (χ4n) is 4.06. The van der Waals surface area contributed by atoms with Crippen molar-refractivity contribution in [2.24, 2.45) is 0 Å². The van der Waals surface area contributed by atoms with E-state index >= 15 is 0 Å². The van der Waals surface area contributed by atoms with Crippen LogP contribution in [0.3, 0.4) is 0 Å². The number of hydrogen-bond acceptors (Lipinski definition) is 5. The molecule has 148 valence electrons. The van der Waals surface area contributed by atoms with Crippen LogP contribution in [0.25, 0.3) is 17.3 Å². The highest BCUT2D eigenvalue weighted by molar-refractivity contribution is 6.33. The molecule has 29 heavy (non-hydrogen) atoms. The number of nitrogens with one attached hydrogen (secondary N) is 1. The number of allylic oxidation sites excluding steroid dienone is 1. The third-order valence-corrected chi connectivity index (χ3v) is 5.87. The standard InChI is InChI=1S/C22H22ClN5O/c1-14-8-18(23)22-26-19(13-28(22)12-14)17-9-16-11-25-21(27-6-4-24-5-7-27)10-15(16)2-3-20(17)29/h8-13,24H,2-7H2,1H3. The van der Waals surface area contributed by atoms with E-state index in [1.165, 1.54) is 0 Å². The minimum absolute atomic E-state index is 0.0983. The summed E-state index contributed by atoms with van der Waals surface area (Å²) in [4.78, 5) is 24.5. The minimum Gasteiger partial charge on any atom is -0.354 e. The Bertz CT molecular complexity index is 1140. The van der Waals surface area contributed by atoms with E-state index in [9.17, 15) is 4.79 Å². The number of Topliss-reactive ketones (excluding diaryl/α,β-unsaturated/α-hetero) is 1. The second-order valence-corrected chi connectivity index (χ2v) is 8.09. The number of imidazole rings is 1. The number of hydrogen-bond donors (Lipinski definition) is 1. The van der Waals surface area contributed by atoms with Gasteiger partial charge in [0.1, 0.15) is 5.82 Å². The van der Waals surface area contributed by atoms with Crippen molar-refractivity contribution in [3.63, 3.8) is 0 Å². The maximum absolute atomic E-state index is 12.9. The minimum atomic E-state index is 0.0983. The first-order valence-corrected chi connectivity index (χ1v) is 10.3. The van der Waals surface area contributed by atoms with E-state index < -0.39 is 0 Å². The van der Waals surface area contributed by atoms with Gasteiger partial charge >= 0.3 is 0 Å². The molecule has 0 radical (unpaired) electrons. The second kappa shape index (κ2) is 7.28. The molecular formula is C22H22ClN5O. The number of nitrogens with zero attached hydrogens (tertiary/aromatic N) is 4. The third-order valence-electron chi connectivity index (χ3n) is 5.59. The zero-order valence-corrected chi connectivity index (χ0v) is 17.0. The molecular weight excluding hydrogens is 386 g/mol. The van der Waals surface area contributed by atoms with Gasteiger partial charge in [0.25, 0.3) is 0 Å². The summed E-state index contributed by atoms with van der Waals surface area (Å²) in [5.41, 5.74) is 5.14. The number of ketones is 1. The van der Waals surface area contributed by atoms with E-state index in [1.54, 1.807) is 0 Å². The number of pyridine rings is 2. The van der Waals surface area contributed by atoms with Crippen molar-refractivity contribution in [3.05, 3.63) is 58.1 Å². The van der Waals surface area contributed by atoms with Crippen LogP contribution in [0.2, 0.25) is 5.02 Å². The summed E-state index contributed by atoms with van der Waals surface area (Å²) in [5, 5.41) is 3.95. The molecule has 1 N–H and O–H groups in total. The fourth-order valence-corrected chi connectivity index (χ4v) is 4.38. The number of rotatable bonds is 2. The molecule has 3 aromatic heterocycles. The molecule has 4 heterocycles. The lowest BCUT2D eigenvalue weighted by atomic mass is 10.1. The van der Waals surface area contributed by atoms with E-state index in [0.717, 1.165) is 48.7 Å². The molecule has 0 unspecified atom stereocenters. The Morgan fingerprint density at radius 1 is 1.14 bits per heavy atom. The summed E-state index contributed by atoms with van der Waals surface area (Å²) < 4.78 is 1.89. The third kappa shape index (κ3) is 3.43. The normalized spacial score (nSPS) is 17.2. The van der Waals surface area contributed by atoms with Crippen molar-refractivity contribution in [1.82, 2.24) is 19.7 Å². The van der Waals surface area contributed by atoms with Gasteiger partial charge in [0.05, 0.1) is 10.7 Å². The number of carbonyl (C=O) groups excluding carboxylic acids is 1. The topological polar surface area (TPSA) is 62.5 Å². The highest BCUT2D eigenvalue weighted by atomic mass is 35.5. The highest BCUT2D eigenvalue weighted by Gasteiger charge is 2.22. The Morgan fingerprint density at radius 2 is 1.97 bits per heavy atom. The summed E-state index contributed by atoms with van der Waals surface area (Å²) in [6.45, 7) is 5.83. The van der Waals surface area contributed by atoms with Gasteiger partial charge < -0.3 is 14.6 Å². The molecule has 1 fully saturated rings. The molecule has 0 aromatic carbocycles. The summed E-state index contributed by atoms with van der Waals surface area (Å²) >= 11 is 6.35. The van der Waals surface area contributed by atoms with Crippen LogP contribution < -0.4 is 10.2 Å². The molecule has 2 aliphatic rings. The lowest BCUT2D eigenvalue weighted by Crippen LogP contribution is -2.43. The van der Waals surface area contributed by atoms with Crippen LogP contribution in [0.1, 0.15) is 28.8 Å². The molecule has 0 saturated carbocycles. The van der Waals surface area contributed by atoms with E-state index in [0.29, 0.717) is 34.8 Å². The molecule has 3 aromatic rings. The first-order valence-electron chi connectivity index (χ1n) is 9.93. The van der Waals surface area contributed by atoms with Crippen LogP contribution in [-0.4, -0.2) is 46.3 Å². The first-order chi connectivity index (χ1) is 14.1. The van der Waals surface area contributed by atoms with Gasteiger partial charge in [-0.1, -0.05) is 11.6 Å². The lowest BCUT2D eigenvalue weighted by molar-refractivity contribution is -0.113. The van der Waals surface area contributed by atoms with E-state index in [-0.39, 0.29) is 5.78 Å². The van der Waals surface area contributed by atoms with Crippen LogP contribution >= 0.6 is 11.6 Å². The molecule has 1 saturated heterocycles. The second-order valence-electron chi connectivity index (χ2n) is 7.68. The quantitative estimate of drug-likeness (QED) is 0.707. The number of aromatic nitrogens is 3. The van der Waals surface area contributed by atoms with E-state index in [2.05, 4.69) is 26.3 Å². The number of halogens is 1. The predicted molar refractivity (Wildman–Crippen MR) is 115 cm³/mol. The smallest absolute Gasteiger partial charge is 0.165 e. The molecule has 0 atom stereocenters. The van der Waals surface area contributed by atoms with Gasteiger partial charge in [-0.05, 0) is 48.2 Å². The summed E-state index contributed by atoms with van der Waals surface area (Å²) in [5.74, 6) is 1.09. The molecule has 0 amide bonds. The maximum Gasteiger partial charge on any atom is 0.165 e. The SMILES string of the molecule is Cc1cc(Cl)c2nc(C3=Cc4cnc(N5CCNCC5)cc4CCC3=O)cn2c1. The molecule has 0 spiro atoms. The zero-order valence-electron chi connectivity index (χ0n) is 16.3. The summed E-state index contributed by atoms with van der Waals surface area (Å²) in [7, 11) is 0.